The van der Waals surface area contributed by atoms with E-state index < -0.39 is 0 Å². The Morgan fingerprint density at radius 2 is 1.00 bits per heavy atom. The summed E-state index contributed by atoms with van der Waals surface area (Å²) in [7, 11) is 0. The first-order chi connectivity index (χ1) is 5.83. The van der Waals surface area contributed by atoms with Crippen LogP contribution in [0.25, 0.3) is 0 Å². The first-order valence-electron chi connectivity index (χ1n) is 4.23. The van der Waals surface area contributed by atoms with Crippen molar-refractivity contribution >= 4 is 6.29 Å². The number of hydrogen-bond acceptors (Lipinski definition) is 1. The number of carbonyl (C=O) groups is 1. The summed E-state index contributed by atoms with van der Waals surface area (Å²) < 4.78 is 0. The van der Waals surface area contributed by atoms with Gasteiger partial charge in [0.15, 0.2) is 0 Å². The molecule has 1 aromatic rings. The summed E-state index contributed by atoms with van der Waals surface area (Å²) in [4.78, 5) is 8.81. The monoisotopic (exact) mass is 166 g/mol. The molecule has 1 heteroatoms. The summed E-state index contributed by atoms with van der Waals surface area (Å²) in [6.45, 7) is 5.69. The maximum atomic E-state index is 8.81. The zero-order valence-electron chi connectivity index (χ0n) is 8.16. The van der Waals surface area contributed by atoms with E-state index in [2.05, 4.69) is 13.8 Å². The van der Waals surface area contributed by atoms with E-state index in [9.17, 15) is 0 Å². The van der Waals surface area contributed by atoms with Crippen molar-refractivity contribution < 1.29 is 4.79 Å². The Hall–Kier alpha value is -1.11. The quantitative estimate of drug-likeness (QED) is 0.540. The number of hydrogen-bond donors (Lipinski definition) is 0. The highest BCUT2D eigenvalue weighted by Gasteiger charge is 1.57. The van der Waals surface area contributed by atoms with Gasteiger partial charge < -0.3 is 4.79 Å². The summed E-state index contributed by atoms with van der Waals surface area (Å²) in [5.74, 6) is 0. The topological polar surface area (TPSA) is 17.1 Å². The second-order valence-corrected chi connectivity index (χ2v) is 2.10. The molecule has 1 nitrogen and oxygen atoms in total. The number of rotatable bonds is 0. The van der Waals surface area contributed by atoms with Crippen LogP contribution in [0.3, 0.4) is 0 Å². The Balaban J connectivity index is 0. The predicted octanol–water partition coefficient (Wildman–Crippen LogP) is 3.31. The normalized spacial score (nSPS) is 6.58. The molecule has 0 saturated heterocycles. The van der Waals surface area contributed by atoms with Gasteiger partial charge in [0.25, 0.3) is 0 Å². The highest BCUT2D eigenvalue weighted by Crippen LogP contribution is 1.79. The van der Waals surface area contributed by atoms with Crippen molar-refractivity contribution in [2.45, 2.75) is 27.2 Å². The van der Waals surface area contributed by atoms with Crippen LogP contribution in [0.15, 0.2) is 36.4 Å². The fraction of sp³-hybridized carbons (Fsp3) is 0.364. The molecule has 1 aromatic carbocycles. The van der Waals surface area contributed by atoms with Gasteiger partial charge in [-0.2, -0.15) is 0 Å². The van der Waals surface area contributed by atoms with E-state index in [4.69, 9.17) is 4.79 Å². The first-order valence-corrected chi connectivity index (χ1v) is 4.23. The van der Waals surface area contributed by atoms with E-state index in [1.54, 1.807) is 0 Å². The van der Waals surface area contributed by atoms with E-state index in [0.717, 1.165) is 6.29 Å². The van der Waals surface area contributed by atoms with Crippen LogP contribution < -0.4 is 0 Å². The minimum Gasteiger partial charge on any atom is -0.304 e. The third-order valence-electron chi connectivity index (χ3n) is 0.667. The molecule has 0 radical (unpaired) electrons. The zero-order valence-corrected chi connectivity index (χ0v) is 8.16. The van der Waals surface area contributed by atoms with E-state index in [-0.39, 0.29) is 0 Å². The molecule has 0 spiro atoms. The van der Waals surface area contributed by atoms with E-state index in [0.29, 0.717) is 0 Å². The number of benzene rings is 1. The lowest BCUT2D eigenvalue weighted by Gasteiger charge is -1.69. The lowest BCUT2D eigenvalue weighted by Crippen LogP contribution is -1.47. The maximum Gasteiger partial charge on any atom is 0.116 e. The van der Waals surface area contributed by atoms with Gasteiger partial charge in [-0.25, -0.2) is 0 Å². The molecule has 0 fully saturated rings. The van der Waals surface area contributed by atoms with E-state index in [1.807, 2.05) is 36.4 Å². The molecule has 0 aromatic heterocycles. The van der Waals surface area contributed by atoms with Gasteiger partial charge in [0, 0.05) is 0 Å². The van der Waals surface area contributed by atoms with Gasteiger partial charge in [0.1, 0.15) is 6.29 Å². The van der Waals surface area contributed by atoms with Crippen LogP contribution >= 0.6 is 0 Å². The minimum atomic E-state index is 0.750. The van der Waals surface area contributed by atoms with Crippen LogP contribution in [-0.2, 0) is 4.79 Å². The molecule has 0 heterocycles. The minimum absolute atomic E-state index is 0.750. The van der Waals surface area contributed by atoms with Crippen molar-refractivity contribution in [2.75, 3.05) is 0 Å². The molecule has 0 aliphatic heterocycles. The highest BCUT2D eigenvalue weighted by atomic mass is 16.1. The van der Waals surface area contributed by atoms with Crippen molar-refractivity contribution in [1.29, 1.82) is 0 Å². The fourth-order valence-electron chi connectivity index (χ4n) is 0.385. The summed E-state index contributed by atoms with van der Waals surface area (Å²) >= 11 is 0. The molecule has 0 saturated carbocycles. The largest absolute Gasteiger partial charge is 0.304 e. The van der Waals surface area contributed by atoms with Gasteiger partial charge in [-0.15, -0.1) is 0 Å². The molecular formula is C11H18O. The van der Waals surface area contributed by atoms with Crippen LogP contribution in [-0.4, -0.2) is 6.29 Å². The third kappa shape index (κ3) is 23.1. The lowest BCUT2D eigenvalue weighted by molar-refractivity contribution is -0.106. The molecule has 0 amide bonds. The average Bonchev–Trinajstić information content (AvgIpc) is 2.10. The maximum absolute atomic E-state index is 8.81. The SMILES string of the molecule is CC=O.CCC.c1ccccc1. The van der Waals surface area contributed by atoms with Gasteiger partial charge >= 0.3 is 0 Å². The Labute approximate surface area is 75.4 Å². The summed E-state index contributed by atoms with van der Waals surface area (Å²) in [6.07, 6.45) is 2.00. The smallest absolute Gasteiger partial charge is 0.116 e. The van der Waals surface area contributed by atoms with Gasteiger partial charge in [-0.05, 0) is 6.92 Å². The molecular weight excluding hydrogens is 148 g/mol. The first kappa shape index (κ1) is 13.5. The number of aldehydes is 1. The second kappa shape index (κ2) is 16.5. The Kier molecular flexibility index (Phi) is 18.5. The van der Waals surface area contributed by atoms with E-state index in [1.165, 1.54) is 13.3 Å². The van der Waals surface area contributed by atoms with Gasteiger partial charge in [0.2, 0.25) is 0 Å². The van der Waals surface area contributed by atoms with Crippen molar-refractivity contribution in [3.05, 3.63) is 36.4 Å². The van der Waals surface area contributed by atoms with Gasteiger partial charge in [-0.1, -0.05) is 56.7 Å². The van der Waals surface area contributed by atoms with Crippen molar-refractivity contribution in [3.8, 4) is 0 Å². The van der Waals surface area contributed by atoms with Crippen molar-refractivity contribution in [1.82, 2.24) is 0 Å². The molecule has 0 N–H and O–H groups in total. The summed E-state index contributed by atoms with van der Waals surface area (Å²) in [5, 5.41) is 0. The highest BCUT2D eigenvalue weighted by molar-refractivity contribution is 5.44. The molecule has 1 rings (SSSR count). The van der Waals surface area contributed by atoms with Crippen LogP contribution in [0, 0.1) is 0 Å². The van der Waals surface area contributed by atoms with Gasteiger partial charge in [-0.3, -0.25) is 0 Å². The predicted molar refractivity (Wildman–Crippen MR) is 54.1 cm³/mol. The molecule has 0 unspecified atom stereocenters. The van der Waals surface area contributed by atoms with Gasteiger partial charge in [0.05, 0.1) is 0 Å². The summed E-state index contributed by atoms with van der Waals surface area (Å²) in [5.41, 5.74) is 0. The molecule has 0 aliphatic carbocycles. The fourth-order valence-corrected chi connectivity index (χ4v) is 0.385. The second-order valence-electron chi connectivity index (χ2n) is 2.10. The molecule has 12 heavy (non-hydrogen) atoms. The lowest BCUT2D eigenvalue weighted by atomic mass is 10.4. The Morgan fingerprint density at radius 3 is 1.08 bits per heavy atom. The van der Waals surface area contributed by atoms with E-state index >= 15 is 0 Å². The Morgan fingerprint density at radius 1 is 0.917 bits per heavy atom. The molecule has 0 bridgehead atoms. The number of carbonyl (C=O) groups excluding carboxylic acids is 1. The molecule has 68 valence electrons. The van der Waals surface area contributed by atoms with Crippen LogP contribution in [0.4, 0.5) is 0 Å². The van der Waals surface area contributed by atoms with Crippen molar-refractivity contribution in [3.63, 3.8) is 0 Å². The molecule has 0 atom stereocenters. The summed E-state index contributed by atoms with van der Waals surface area (Å²) in [6, 6.07) is 12.0. The van der Waals surface area contributed by atoms with Crippen LogP contribution in [0.2, 0.25) is 0 Å². The van der Waals surface area contributed by atoms with Crippen LogP contribution in [0.1, 0.15) is 27.2 Å². The zero-order chi connectivity index (χ0) is 9.66. The average molecular weight is 166 g/mol. The standard InChI is InChI=1S/C6H6.C3H8.C2H4O/c1-2-4-6-5-3-1;1-3-2;1-2-3/h1-6H;3H2,1-2H3;2H,1H3. The van der Waals surface area contributed by atoms with Crippen LogP contribution in [0.5, 0.6) is 0 Å². The third-order valence-corrected chi connectivity index (χ3v) is 0.667. The Bertz CT molecular complexity index is 120. The molecule has 0 aliphatic rings. The van der Waals surface area contributed by atoms with Crippen molar-refractivity contribution in [2.24, 2.45) is 0 Å².